The summed E-state index contributed by atoms with van der Waals surface area (Å²) in [4.78, 5) is 2.44. The van der Waals surface area contributed by atoms with Gasteiger partial charge in [-0.05, 0) is 26.7 Å². The van der Waals surface area contributed by atoms with E-state index in [9.17, 15) is 0 Å². The summed E-state index contributed by atoms with van der Waals surface area (Å²) in [5, 5.41) is 0. The fraction of sp³-hybridized carbons (Fsp3) is 1.00. The van der Waals surface area contributed by atoms with Crippen molar-refractivity contribution in [1.29, 1.82) is 0 Å². The number of hydrogen-bond donors (Lipinski definition) is 1. The fourth-order valence-electron chi connectivity index (χ4n) is 2.17. The minimum Gasteiger partial charge on any atom is -0.373 e. The van der Waals surface area contributed by atoms with Crippen molar-refractivity contribution in [3.05, 3.63) is 0 Å². The Morgan fingerprint density at radius 3 is 2.40 bits per heavy atom. The van der Waals surface area contributed by atoms with E-state index in [-0.39, 0.29) is 11.1 Å². The maximum atomic E-state index is 6.33. The molecule has 0 radical (unpaired) electrons. The van der Waals surface area contributed by atoms with Crippen molar-refractivity contribution in [3.63, 3.8) is 0 Å². The second-order valence-electron chi connectivity index (χ2n) is 5.39. The van der Waals surface area contributed by atoms with Crippen molar-refractivity contribution in [2.75, 3.05) is 26.2 Å². The topological polar surface area (TPSA) is 38.5 Å². The van der Waals surface area contributed by atoms with E-state index < -0.39 is 0 Å². The number of ether oxygens (including phenoxy) is 1. The standard InChI is InChI=1S/C12H26N2O/c1-5-12(13,6-2)10-14-7-8-15-11(3,4)9-14/h5-10,13H2,1-4H3. The lowest BCUT2D eigenvalue weighted by molar-refractivity contribution is -0.0903. The van der Waals surface area contributed by atoms with Crippen molar-refractivity contribution in [2.24, 2.45) is 5.73 Å². The molecule has 0 saturated carbocycles. The molecule has 1 aliphatic rings. The molecular weight excluding hydrogens is 188 g/mol. The molecule has 3 heteroatoms. The molecule has 1 rings (SSSR count). The Labute approximate surface area is 94.0 Å². The Kier molecular flexibility index (Phi) is 4.15. The summed E-state index contributed by atoms with van der Waals surface area (Å²) < 4.78 is 5.69. The lowest BCUT2D eigenvalue weighted by atomic mass is 9.92. The van der Waals surface area contributed by atoms with Crippen LogP contribution in [0.5, 0.6) is 0 Å². The quantitative estimate of drug-likeness (QED) is 0.773. The van der Waals surface area contributed by atoms with E-state index in [0.717, 1.165) is 39.1 Å². The van der Waals surface area contributed by atoms with Gasteiger partial charge < -0.3 is 10.5 Å². The monoisotopic (exact) mass is 214 g/mol. The van der Waals surface area contributed by atoms with Gasteiger partial charge in [-0.3, -0.25) is 4.90 Å². The number of nitrogens with zero attached hydrogens (tertiary/aromatic N) is 1. The SMILES string of the molecule is CCC(N)(CC)CN1CCOC(C)(C)C1. The zero-order chi connectivity index (χ0) is 11.5. The van der Waals surface area contributed by atoms with E-state index in [1.54, 1.807) is 0 Å². The van der Waals surface area contributed by atoms with Crippen LogP contribution >= 0.6 is 0 Å². The Balaban J connectivity index is 2.51. The molecule has 0 spiro atoms. The first-order chi connectivity index (χ1) is 6.91. The minimum atomic E-state index is -0.0204. The normalized spacial score (nSPS) is 23.0. The fourth-order valence-corrected chi connectivity index (χ4v) is 2.17. The van der Waals surface area contributed by atoms with Gasteiger partial charge in [0.25, 0.3) is 0 Å². The van der Waals surface area contributed by atoms with Crippen LogP contribution in [0.25, 0.3) is 0 Å². The van der Waals surface area contributed by atoms with Gasteiger partial charge in [-0.1, -0.05) is 13.8 Å². The van der Waals surface area contributed by atoms with Gasteiger partial charge >= 0.3 is 0 Å². The average molecular weight is 214 g/mol. The molecule has 0 aromatic carbocycles. The summed E-state index contributed by atoms with van der Waals surface area (Å²) in [5.74, 6) is 0. The molecule has 0 aromatic rings. The highest BCUT2D eigenvalue weighted by atomic mass is 16.5. The predicted molar refractivity (Wildman–Crippen MR) is 64.0 cm³/mol. The molecule has 15 heavy (non-hydrogen) atoms. The van der Waals surface area contributed by atoms with Crippen LogP contribution in [0, 0.1) is 0 Å². The lowest BCUT2D eigenvalue weighted by Crippen LogP contribution is -2.56. The molecule has 1 saturated heterocycles. The third-order valence-electron chi connectivity index (χ3n) is 3.45. The van der Waals surface area contributed by atoms with E-state index >= 15 is 0 Å². The maximum Gasteiger partial charge on any atom is 0.0753 e. The zero-order valence-corrected chi connectivity index (χ0v) is 10.7. The van der Waals surface area contributed by atoms with Gasteiger partial charge in [0.15, 0.2) is 0 Å². The molecule has 0 atom stereocenters. The number of hydrogen-bond acceptors (Lipinski definition) is 3. The van der Waals surface area contributed by atoms with E-state index in [2.05, 4.69) is 32.6 Å². The van der Waals surface area contributed by atoms with Crippen LogP contribution in [0.1, 0.15) is 40.5 Å². The van der Waals surface area contributed by atoms with Crippen LogP contribution < -0.4 is 5.73 Å². The Morgan fingerprint density at radius 1 is 1.33 bits per heavy atom. The van der Waals surface area contributed by atoms with E-state index in [0.29, 0.717) is 0 Å². The average Bonchev–Trinajstić information content (AvgIpc) is 2.16. The first-order valence-electron chi connectivity index (χ1n) is 6.06. The lowest BCUT2D eigenvalue weighted by Gasteiger charge is -2.42. The van der Waals surface area contributed by atoms with Crippen LogP contribution in [0.2, 0.25) is 0 Å². The highest BCUT2D eigenvalue weighted by Gasteiger charge is 2.31. The van der Waals surface area contributed by atoms with Gasteiger partial charge in [-0.25, -0.2) is 0 Å². The largest absolute Gasteiger partial charge is 0.373 e. The number of rotatable bonds is 4. The molecule has 0 unspecified atom stereocenters. The summed E-state index contributed by atoms with van der Waals surface area (Å²) in [6.07, 6.45) is 2.09. The maximum absolute atomic E-state index is 6.33. The van der Waals surface area contributed by atoms with Crippen molar-refractivity contribution in [2.45, 2.75) is 51.7 Å². The molecule has 1 fully saturated rings. The van der Waals surface area contributed by atoms with E-state index in [1.807, 2.05) is 0 Å². The highest BCUT2D eigenvalue weighted by molar-refractivity contribution is 4.88. The van der Waals surface area contributed by atoms with Crippen molar-refractivity contribution >= 4 is 0 Å². The minimum absolute atomic E-state index is 0.0133. The molecule has 0 amide bonds. The van der Waals surface area contributed by atoms with Gasteiger partial charge in [0.2, 0.25) is 0 Å². The van der Waals surface area contributed by atoms with Crippen LogP contribution in [-0.4, -0.2) is 42.3 Å². The van der Waals surface area contributed by atoms with Crippen molar-refractivity contribution in [3.8, 4) is 0 Å². The number of nitrogens with two attached hydrogens (primary N) is 1. The van der Waals surface area contributed by atoms with E-state index in [1.165, 1.54) is 0 Å². The second kappa shape index (κ2) is 4.81. The smallest absolute Gasteiger partial charge is 0.0753 e. The molecule has 90 valence electrons. The van der Waals surface area contributed by atoms with Gasteiger partial charge in [0.1, 0.15) is 0 Å². The summed E-state index contributed by atoms with van der Waals surface area (Å²) in [7, 11) is 0. The van der Waals surface area contributed by atoms with Crippen LogP contribution in [-0.2, 0) is 4.74 Å². The second-order valence-corrected chi connectivity index (χ2v) is 5.39. The molecule has 0 aliphatic carbocycles. The Morgan fingerprint density at radius 2 is 1.93 bits per heavy atom. The predicted octanol–water partition coefficient (Wildman–Crippen LogP) is 1.61. The first-order valence-corrected chi connectivity index (χ1v) is 6.06. The Hall–Kier alpha value is -0.120. The molecule has 3 nitrogen and oxygen atoms in total. The highest BCUT2D eigenvalue weighted by Crippen LogP contribution is 2.20. The third kappa shape index (κ3) is 3.74. The molecule has 0 aromatic heterocycles. The molecule has 0 bridgehead atoms. The Bertz CT molecular complexity index is 200. The van der Waals surface area contributed by atoms with Crippen LogP contribution in [0.3, 0.4) is 0 Å². The number of morpholine rings is 1. The third-order valence-corrected chi connectivity index (χ3v) is 3.45. The molecule has 1 aliphatic heterocycles. The van der Waals surface area contributed by atoms with Gasteiger partial charge in [-0.15, -0.1) is 0 Å². The van der Waals surface area contributed by atoms with Crippen LogP contribution in [0.4, 0.5) is 0 Å². The van der Waals surface area contributed by atoms with Gasteiger partial charge in [0, 0.05) is 25.2 Å². The van der Waals surface area contributed by atoms with Crippen LogP contribution in [0.15, 0.2) is 0 Å². The summed E-state index contributed by atoms with van der Waals surface area (Å²) in [5.41, 5.74) is 6.30. The molecule has 1 heterocycles. The van der Waals surface area contributed by atoms with Gasteiger partial charge in [-0.2, -0.15) is 0 Å². The zero-order valence-electron chi connectivity index (χ0n) is 10.7. The van der Waals surface area contributed by atoms with E-state index in [4.69, 9.17) is 10.5 Å². The first kappa shape index (κ1) is 12.9. The molecule has 2 N–H and O–H groups in total. The summed E-state index contributed by atoms with van der Waals surface area (Å²) >= 11 is 0. The van der Waals surface area contributed by atoms with Gasteiger partial charge in [0.05, 0.1) is 12.2 Å². The molecular formula is C12H26N2O. The summed E-state index contributed by atoms with van der Waals surface area (Å²) in [6, 6.07) is 0. The summed E-state index contributed by atoms with van der Waals surface area (Å²) in [6.45, 7) is 12.5. The van der Waals surface area contributed by atoms with Crippen molar-refractivity contribution < 1.29 is 4.74 Å². The van der Waals surface area contributed by atoms with Crippen molar-refractivity contribution in [1.82, 2.24) is 4.90 Å².